The van der Waals surface area contributed by atoms with Gasteiger partial charge < -0.3 is 9.64 Å². The van der Waals surface area contributed by atoms with Crippen molar-refractivity contribution < 1.29 is 9.53 Å². The zero-order valence-electron chi connectivity index (χ0n) is 15.4. The van der Waals surface area contributed by atoms with Crippen molar-refractivity contribution in [3.8, 4) is 16.3 Å². The Kier molecular flexibility index (Phi) is 5.74. The van der Waals surface area contributed by atoms with Crippen LogP contribution in [0.3, 0.4) is 0 Å². The number of carbonyl (C=O) groups is 1. The van der Waals surface area contributed by atoms with Gasteiger partial charge in [-0.2, -0.15) is 0 Å². The molecule has 4 nitrogen and oxygen atoms in total. The first-order chi connectivity index (χ1) is 12.5. The minimum absolute atomic E-state index is 0.0185. The van der Waals surface area contributed by atoms with Crippen molar-refractivity contribution in [2.24, 2.45) is 0 Å². The summed E-state index contributed by atoms with van der Waals surface area (Å²) < 4.78 is 5.48. The van der Waals surface area contributed by atoms with Crippen molar-refractivity contribution in [1.82, 2.24) is 9.88 Å². The second-order valence-electron chi connectivity index (χ2n) is 6.08. The molecule has 0 radical (unpaired) electrons. The van der Waals surface area contributed by atoms with Gasteiger partial charge in [0.05, 0.1) is 18.8 Å². The maximum absolute atomic E-state index is 12.9. The van der Waals surface area contributed by atoms with E-state index in [0.717, 1.165) is 22.0 Å². The van der Waals surface area contributed by atoms with Crippen LogP contribution in [0.15, 0.2) is 35.7 Å². The molecule has 0 saturated heterocycles. The molecule has 0 atom stereocenters. The van der Waals surface area contributed by atoms with Crippen LogP contribution in [0.25, 0.3) is 10.6 Å². The summed E-state index contributed by atoms with van der Waals surface area (Å²) in [5.41, 5.74) is 3.00. The van der Waals surface area contributed by atoms with Gasteiger partial charge in [0.2, 0.25) is 0 Å². The quantitative estimate of drug-likeness (QED) is 0.588. The number of thiophene rings is 1. The molecule has 0 fully saturated rings. The van der Waals surface area contributed by atoms with E-state index in [9.17, 15) is 4.79 Å². The van der Waals surface area contributed by atoms with Gasteiger partial charge in [-0.25, -0.2) is 4.98 Å². The molecule has 1 aromatic carbocycles. The third-order valence-corrected chi connectivity index (χ3v) is 6.30. The monoisotopic (exact) mass is 386 g/mol. The molecule has 1 amide bonds. The number of benzene rings is 1. The molecule has 6 heteroatoms. The van der Waals surface area contributed by atoms with Gasteiger partial charge in [-0.1, -0.05) is 0 Å². The van der Waals surface area contributed by atoms with Crippen LogP contribution in [0, 0.1) is 13.8 Å². The molecule has 0 N–H and O–H groups in total. The molecule has 0 aliphatic carbocycles. The number of rotatable bonds is 6. The number of amides is 1. The fourth-order valence-corrected chi connectivity index (χ4v) is 4.63. The summed E-state index contributed by atoms with van der Waals surface area (Å²) in [5.74, 6) is 0.858. The smallest absolute Gasteiger partial charge is 0.265 e. The van der Waals surface area contributed by atoms with Crippen molar-refractivity contribution in [2.75, 3.05) is 13.7 Å². The van der Waals surface area contributed by atoms with Gasteiger partial charge in [0, 0.05) is 17.5 Å². The highest BCUT2D eigenvalue weighted by molar-refractivity contribution is 7.17. The Morgan fingerprint density at radius 2 is 1.92 bits per heavy atom. The molecule has 136 valence electrons. The summed E-state index contributed by atoms with van der Waals surface area (Å²) >= 11 is 3.13. The minimum Gasteiger partial charge on any atom is -0.494 e. The summed E-state index contributed by atoms with van der Waals surface area (Å²) in [6, 6.07) is 9.91. The van der Waals surface area contributed by atoms with Crippen LogP contribution in [0.4, 0.5) is 0 Å². The maximum Gasteiger partial charge on any atom is 0.265 e. The maximum atomic E-state index is 12.9. The Balaban J connectivity index is 1.78. The van der Waals surface area contributed by atoms with Gasteiger partial charge in [-0.3, -0.25) is 4.79 Å². The summed E-state index contributed by atoms with van der Waals surface area (Å²) in [4.78, 5) is 21.2. The lowest BCUT2D eigenvalue weighted by Crippen LogP contribution is -2.25. The van der Waals surface area contributed by atoms with E-state index in [1.54, 1.807) is 16.2 Å². The first kappa shape index (κ1) is 18.6. The van der Waals surface area contributed by atoms with Crippen LogP contribution >= 0.6 is 22.7 Å². The lowest BCUT2D eigenvalue weighted by atomic mass is 10.2. The van der Waals surface area contributed by atoms with E-state index in [1.165, 1.54) is 21.8 Å². The molecule has 0 aliphatic heterocycles. The summed E-state index contributed by atoms with van der Waals surface area (Å²) in [5, 5.41) is 2.92. The van der Waals surface area contributed by atoms with E-state index in [2.05, 4.69) is 23.4 Å². The minimum atomic E-state index is 0.0185. The predicted octanol–water partition coefficient (Wildman–Crippen LogP) is 5.16. The highest BCUT2D eigenvalue weighted by Gasteiger charge is 2.20. The molecular weight excluding hydrogens is 364 g/mol. The molecule has 26 heavy (non-hydrogen) atoms. The highest BCUT2D eigenvalue weighted by atomic mass is 32.1. The van der Waals surface area contributed by atoms with Crippen LogP contribution in [-0.2, 0) is 6.54 Å². The second kappa shape index (κ2) is 8.01. The molecule has 3 rings (SSSR count). The normalized spacial score (nSPS) is 10.8. The average Bonchev–Trinajstić information content (AvgIpc) is 3.21. The number of carbonyl (C=O) groups excluding carboxylic acids is 1. The van der Waals surface area contributed by atoms with Gasteiger partial charge in [-0.15, -0.1) is 22.7 Å². The number of ether oxygens (including phenoxy) is 1. The zero-order valence-corrected chi connectivity index (χ0v) is 17.0. The summed E-state index contributed by atoms with van der Waals surface area (Å²) in [7, 11) is 1.84. The molecule has 0 unspecified atom stereocenters. The zero-order chi connectivity index (χ0) is 18.7. The lowest BCUT2D eigenvalue weighted by molar-refractivity contribution is 0.0790. The van der Waals surface area contributed by atoms with Crippen LogP contribution in [0.1, 0.15) is 32.7 Å². The Hall–Kier alpha value is -2.18. The van der Waals surface area contributed by atoms with Crippen LogP contribution in [0.2, 0.25) is 0 Å². The lowest BCUT2D eigenvalue weighted by Gasteiger charge is -2.16. The average molecular weight is 387 g/mol. The molecule has 2 aromatic heterocycles. The number of aromatic nitrogens is 1. The van der Waals surface area contributed by atoms with Gasteiger partial charge in [0.15, 0.2) is 0 Å². The standard InChI is InChI=1S/C20H22N2O2S2/c1-5-24-16-8-6-15(7-9-16)19-21-14(3)18(26-19)20(23)22(4)12-17-13(2)10-11-25-17/h6-11H,5,12H2,1-4H3. The SMILES string of the molecule is CCOc1ccc(-c2nc(C)c(C(=O)N(C)Cc3sccc3C)s2)cc1. The predicted molar refractivity (Wildman–Crippen MR) is 108 cm³/mol. The van der Waals surface area contributed by atoms with Crippen molar-refractivity contribution in [1.29, 1.82) is 0 Å². The largest absolute Gasteiger partial charge is 0.494 e. The molecule has 0 aliphatic rings. The van der Waals surface area contributed by atoms with Gasteiger partial charge in [0.1, 0.15) is 15.6 Å². The van der Waals surface area contributed by atoms with Gasteiger partial charge >= 0.3 is 0 Å². The molecule has 0 saturated carbocycles. The number of thiazole rings is 1. The number of hydrogen-bond donors (Lipinski definition) is 0. The van der Waals surface area contributed by atoms with Crippen molar-refractivity contribution in [2.45, 2.75) is 27.3 Å². The highest BCUT2D eigenvalue weighted by Crippen LogP contribution is 2.30. The van der Waals surface area contributed by atoms with E-state index in [1.807, 2.05) is 45.2 Å². The van der Waals surface area contributed by atoms with Crippen molar-refractivity contribution in [3.05, 3.63) is 56.7 Å². The van der Waals surface area contributed by atoms with Crippen molar-refractivity contribution in [3.63, 3.8) is 0 Å². The fourth-order valence-electron chi connectivity index (χ4n) is 2.61. The summed E-state index contributed by atoms with van der Waals surface area (Å²) in [6.07, 6.45) is 0. The molecular formula is C20H22N2O2S2. The van der Waals surface area contributed by atoms with E-state index in [4.69, 9.17) is 4.74 Å². The number of hydrogen-bond acceptors (Lipinski definition) is 5. The first-order valence-electron chi connectivity index (χ1n) is 8.48. The fraction of sp³-hybridized carbons (Fsp3) is 0.300. The van der Waals surface area contributed by atoms with Gasteiger partial charge in [-0.05, 0) is 62.0 Å². The van der Waals surface area contributed by atoms with E-state index >= 15 is 0 Å². The third-order valence-electron chi connectivity index (χ3n) is 4.10. The summed E-state index contributed by atoms with van der Waals surface area (Å²) in [6.45, 7) is 7.20. The van der Waals surface area contributed by atoms with Crippen molar-refractivity contribution >= 4 is 28.6 Å². The molecule has 0 bridgehead atoms. The molecule has 2 heterocycles. The Morgan fingerprint density at radius 3 is 2.54 bits per heavy atom. The van der Waals surface area contributed by atoms with Crippen LogP contribution < -0.4 is 4.74 Å². The topological polar surface area (TPSA) is 42.4 Å². The number of nitrogens with zero attached hydrogens (tertiary/aromatic N) is 2. The van der Waals surface area contributed by atoms with E-state index in [0.29, 0.717) is 18.0 Å². The molecule has 3 aromatic rings. The van der Waals surface area contributed by atoms with E-state index < -0.39 is 0 Å². The Bertz CT molecular complexity index is 897. The second-order valence-corrected chi connectivity index (χ2v) is 8.08. The third kappa shape index (κ3) is 3.97. The Morgan fingerprint density at radius 1 is 1.19 bits per heavy atom. The Labute approximate surface area is 162 Å². The number of aryl methyl sites for hydroxylation is 2. The van der Waals surface area contributed by atoms with E-state index in [-0.39, 0.29) is 5.91 Å². The first-order valence-corrected chi connectivity index (χ1v) is 10.2. The van der Waals surface area contributed by atoms with Crippen LogP contribution in [0.5, 0.6) is 5.75 Å². The molecule has 0 spiro atoms. The van der Waals surface area contributed by atoms with Crippen LogP contribution in [-0.4, -0.2) is 29.4 Å². The van der Waals surface area contributed by atoms with Gasteiger partial charge in [0.25, 0.3) is 5.91 Å².